The number of ether oxygens (including phenoxy) is 2. The highest BCUT2D eigenvalue weighted by atomic mass is 35.5. The van der Waals surface area contributed by atoms with Gasteiger partial charge >= 0.3 is 0 Å². The van der Waals surface area contributed by atoms with Gasteiger partial charge in [-0.1, -0.05) is 23.2 Å². The molecule has 0 bridgehead atoms. The van der Waals surface area contributed by atoms with Gasteiger partial charge in [-0.15, -0.1) is 11.8 Å². The lowest BCUT2D eigenvalue weighted by atomic mass is 10.3. The van der Waals surface area contributed by atoms with E-state index in [4.69, 9.17) is 32.7 Å². The molecule has 1 N–H and O–H groups in total. The Bertz CT molecular complexity index is 1030. The van der Waals surface area contributed by atoms with Crippen LogP contribution in [0.25, 0.3) is 0 Å². The second kappa shape index (κ2) is 10.2. The van der Waals surface area contributed by atoms with Crippen LogP contribution in [0.1, 0.15) is 0 Å². The maximum Gasteiger partial charge on any atom is 0.246 e. The molecule has 0 aliphatic carbocycles. The number of sulfonamides is 1. The van der Waals surface area contributed by atoms with Crippen molar-refractivity contribution in [3.8, 4) is 5.75 Å². The summed E-state index contributed by atoms with van der Waals surface area (Å²) in [5.74, 6) is -0.0204. The lowest BCUT2D eigenvalue weighted by molar-refractivity contribution is -0.113. The van der Waals surface area contributed by atoms with E-state index in [1.165, 1.54) is 35.3 Å². The first-order valence-electron chi connectivity index (χ1n) is 8.95. The molecular weight excluding hydrogens is 471 g/mol. The fraction of sp³-hybridized carbons (Fsp3) is 0.316. The average molecular weight is 491 g/mol. The zero-order valence-electron chi connectivity index (χ0n) is 16.1. The van der Waals surface area contributed by atoms with E-state index in [1.807, 2.05) is 0 Å². The molecule has 1 amide bonds. The van der Waals surface area contributed by atoms with E-state index in [9.17, 15) is 13.2 Å². The molecular formula is C19H20Cl2N2O5S2. The van der Waals surface area contributed by atoms with E-state index >= 15 is 0 Å². The number of carbonyl (C=O) groups excluding carboxylic acids is 1. The van der Waals surface area contributed by atoms with Crippen LogP contribution >= 0.6 is 35.0 Å². The third kappa shape index (κ3) is 5.60. The molecule has 0 aromatic heterocycles. The van der Waals surface area contributed by atoms with Gasteiger partial charge < -0.3 is 14.8 Å². The van der Waals surface area contributed by atoms with Crippen molar-refractivity contribution >= 4 is 56.6 Å². The zero-order valence-corrected chi connectivity index (χ0v) is 19.2. The minimum absolute atomic E-state index is 0.00441. The largest absolute Gasteiger partial charge is 0.495 e. The summed E-state index contributed by atoms with van der Waals surface area (Å²) >= 11 is 13.3. The van der Waals surface area contributed by atoms with Crippen LogP contribution in [-0.2, 0) is 19.6 Å². The maximum absolute atomic E-state index is 13.0. The first-order valence-corrected chi connectivity index (χ1v) is 12.1. The number of halogens is 2. The number of methoxy groups -OCH3 is 1. The first kappa shape index (κ1) is 23.2. The van der Waals surface area contributed by atoms with Gasteiger partial charge in [-0.2, -0.15) is 4.31 Å². The number of amides is 1. The molecule has 7 nitrogen and oxygen atoms in total. The van der Waals surface area contributed by atoms with Crippen LogP contribution in [0.5, 0.6) is 5.75 Å². The Morgan fingerprint density at radius 1 is 1.20 bits per heavy atom. The highest BCUT2D eigenvalue weighted by Gasteiger charge is 2.29. The highest BCUT2D eigenvalue weighted by molar-refractivity contribution is 8.00. The number of nitrogens with zero attached hydrogens (tertiary/aromatic N) is 1. The molecule has 1 fully saturated rings. The Morgan fingerprint density at radius 3 is 2.63 bits per heavy atom. The minimum atomic E-state index is -3.79. The lowest BCUT2D eigenvalue weighted by Crippen LogP contribution is -2.40. The predicted octanol–water partition coefficient (Wildman–Crippen LogP) is 3.75. The molecule has 2 aromatic carbocycles. The second-order valence-corrected chi connectivity index (χ2v) is 10.1. The molecule has 0 spiro atoms. The summed E-state index contributed by atoms with van der Waals surface area (Å²) in [7, 11) is -2.39. The molecule has 0 unspecified atom stereocenters. The topological polar surface area (TPSA) is 84.9 Å². The lowest BCUT2D eigenvalue weighted by Gasteiger charge is -2.26. The Hall–Kier alpha value is -1.49. The van der Waals surface area contributed by atoms with Crippen molar-refractivity contribution in [1.82, 2.24) is 4.31 Å². The van der Waals surface area contributed by atoms with Crippen LogP contribution in [0.15, 0.2) is 46.2 Å². The average Bonchev–Trinajstić information content (AvgIpc) is 2.75. The third-order valence-electron chi connectivity index (χ3n) is 4.29. The van der Waals surface area contributed by atoms with Crippen LogP contribution in [0.4, 0.5) is 5.69 Å². The van der Waals surface area contributed by atoms with Gasteiger partial charge in [0.15, 0.2) is 0 Å². The summed E-state index contributed by atoms with van der Waals surface area (Å²) in [6.07, 6.45) is 0. The number of rotatable bonds is 7. The SMILES string of the molecule is COc1ccc(NC(=O)CSc2cc(Cl)ccc2Cl)cc1S(=O)(=O)N1CCOCC1. The quantitative estimate of drug-likeness (QED) is 0.594. The molecule has 0 atom stereocenters. The summed E-state index contributed by atoms with van der Waals surface area (Å²) in [5.41, 5.74) is 0.352. The normalized spacial score (nSPS) is 15.0. The molecule has 0 saturated carbocycles. The first-order chi connectivity index (χ1) is 14.3. The van der Waals surface area contributed by atoms with Gasteiger partial charge in [0.05, 0.1) is 31.1 Å². The van der Waals surface area contributed by atoms with Crippen molar-refractivity contribution in [2.75, 3.05) is 44.5 Å². The fourth-order valence-electron chi connectivity index (χ4n) is 2.81. The summed E-state index contributed by atoms with van der Waals surface area (Å²) in [6.45, 7) is 1.20. The molecule has 1 aliphatic heterocycles. The molecule has 3 rings (SSSR count). The predicted molar refractivity (Wildman–Crippen MR) is 118 cm³/mol. The molecule has 162 valence electrons. The van der Waals surface area contributed by atoms with Crippen molar-refractivity contribution in [2.24, 2.45) is 0 Å². The van der Waals surface area contributed by atoms with Gasteiger partial charge in [0.25, 0.3) is 0 Å². The standard InChI is InChI=1S/C19H20Cl2N2O5S2/c1-27-16-5-3-14(11-18(16)30(25,26)23-6-8-28-9-7-23)22-19(24)12-29-17-10-13(20)2-4-15(17)21/h2-5,10-11H,6-9,12H2,1H3,(H,22,24). The Morgan fingerprint density at radius 2 is 1.93 bits per heavy atom. The van der Waals surface area contributed by atoms with Gasteiger partial charge in [-0.3, -0.25) is 4.79 Å². The number of carbonyl (C=O) groups is 1. The number of anilines is 1. The second-order valence-electron chi connectivity index (χ2n) is 6.29. The van der Waals surface area contributed by atoms with Crippen molar-refractivity contribution < 1.29 is 22.7 Å². The molecule has 1 heterocycles. The number of hydrogen-bond donors (Lipinski definition) is 1. The van der Waals surface area contributed by atoms with E-state index in [0.29, 0.717) is 33.8 Å². The summed E-state index contributed by atoms with van der Waals surface area (Å²) in [4.78, 5) is 13.1. The molecule has 30 heavy (non-hydrogen) atoms. The Kier molecular flexibility index (Phi) is 7.89. The Balaban J connectivity index is 1.74. The fourth-order valence-corrected chi connectivity index (χ4v) is 5.69. The van der Waals surface area contributed by atoms with Gasteiger partial charge in [0.1, 0.15) is 10.6 Å². The van der Waals surface area contributed by atoms with E-state index < -0.39 is 10.0 Å². The van der Waals surface area contributed by atoms with Crippen LogP contribution in [0.3, 0.4) is 0 Å². The van der Waals surface area contributed by atoms with Crippen LogP contribution in [0.2, 0.25) is 10.0 Å². The van der Waals surface area contributed by atoms with E-state index in [-0.39, 0.29) is 35.4 Å². The summed E-state index contributed by atoms with van der Waals surface area (Å²) < 4.78 is 37.9. The number of nitrogens with one attached hydrogen (secondary N) is 1. The zero-order chi connectivity index (χ0) is 21.7. The van der Waals surface area contributed by atoms with Gasteiger partial charge in [0, 0.05) is 28.7 Å². The number of benzene rings is 2. The van der Waals surface area contributed by atoms with E-state index in [1.54, 1.807) is 24.3 Å². The molecule has 2 aromatic rings. The van der Waals surface area contributed by atoms with Gasteiger partial charge in [-0.25, -0.2) is 8.42 Å². The summed E-state index contributed by atoms with van der Waals surface area (Å²) in [5, 5.41) is 3.74. The van der Waals surface area contributed by atoms with Crippen molar-refractivity contribution in [3.63, 3.8) is 0 Å². The van der Waals surface area contributed by atoms with Crippen LogP contribution in [0, 0.1) is 0 Å². The minimum Gasteiger partial charge on any atom is -0.495 e. The third-order valence-corrected chi connectivity index (χ3v) is 7.94. The number of morpholine rings is 1. The summed E-state index contributed by atoms with van der Waals surface area (Å²) in [6, 6.07) is 9.52. The molecule has 11 heteroatoms. The van der Waals surface area contributed by atoms with Crippen molar-refractivity contribution in [1.29, 1.82) is 0 Å². The van der Waals surface area contributed by atoms with E-state index in [2.05, 4.69) is 5.32 Å². The van der Waals surface area contributed by atoms with Gasteiger partial charge in [0.2, 0.25) is 15.9 Å². The maximum atomic E-state index is 13.0. The molecule has 1 saturated heterocycles. The highest BCUT2D eigenvalue weighted by Crippen LogP contribution is 2.32. The monoisotopic (exact) mass is 490 g/mol. The molecule has 1 aliphatic rings. The van der Waals surface area contributed by atoms with E-state index in [0.717, 1.165) is 0 Å². The van der Waals surface area contributed by atoms with Crippen LogP contribution < -0.4 is 10.1 Å². The van der Waals surface area contributed by atoms with Gasteiger partial charge in [-0.05, 0) is 36.4 Å². The smallest absolute Gasteiger partial charge is 0.246 e. The Labute approximate surface area is 189 Å². The number of hydrogen-bond acceptors (Lipinski definition) is 6. The molecule has 0 radical (unpaired) electrons. The van der Waals surface area contributed by atoms with Crippen molar-refractivity contribution in [3.05, 3.63) is 46.4 Å². The number of thioether (sulfide) groups is 1. The van der Waals surface area contributed by atoms with Crippen LogP contribution in [-0.4, -0.2) is 57.8 Å². The van der Waals surface area contributed by atoms with Crippen molar-refractivity contribution in [2.45, 2.75) is 9.79 Å².